The Kier molecular flexibility index (Phi) is 2.95. The van der Waals surface area contributed by atoms with Gasteiger partial charge in [-0.15, -0.1) is 0 Å². The molecule has 1 saturated carbocycles. The molecule has 3 rings (SSSR count). The van der Waals surface area contributed by atoms with Crippen LogP contribution in [0.4, 0.5) is 0 Å². The third-order valence-corrected chi connectivity index (χ3v) is 3.94. The first-order chi connectivity index (χ1) is 8.24. The zero-order valence-electron chi connectivity index (χ0n) is 10.9. The maximum atomic E-state index is 4.84. The first-order valence-corrected chi connectivity index (χ1v) is 7.06. The average molecular weight is 233 g/mol. The molecule has 0 bridgehead atoms. The Hall–Kier alpha value is -0.830. The summed E-state index contributed by atoms with van der Waals surface area (Å²) in [6.45, 7) is 5.68. The van der Waals surface area contributed by atoms with Crippen molar-refractivity contribution >= 4 is 0 Å². The number of aromatic nitrogens is 2. The van der Waals surface area contributed by atoms with Gasteiger partial charge in [-0.05, 0) is 38.1 Å². The van der Waals surface area contributed by atoms with E-state index in [9.17, 15) is 0 Å². The highest BCUT2D eigenvalue weighted by Crippen LogP contribution is 2.42. The van der Waals surface area contributed by atoms with Gasteiger partial charge in [0.25, 0.3) is 0 Å². The van der Waals surface area contributed by atoms with E-state index in [4.69, 9.17) is 4.98 Å². The number of hydrogen-bond acceptors (Lipinski definition) is 2. The molecule has 1 unspecified atom stereocenters. The number of imidazole rings is 1. The molecule has 17 heavy (non-hydrogen) atoms. The number of nitrogens with one attached hydrogen (secondary N) is 2. The predicted octanol–water partition coefficient (Wildman–Crippen LogP) is 2.71. The van der Waals surface area contributed by atoms with Crippen molar-refractivity contribution < 1.29 is 0 Å². The molecule has 2 aliphatic rings. The van der Waals surface area contributed by atoms with Crippen LogP contribution in [0, 0.1) is 0 Å². The minimum absolute atomic E-state index is 0.548. The van der Waals surface area contributed by atoms with Crippen molar-refractivity contribution in [3.8, 4) is 0 Å². The Labute approximate surface area is 103 Å². The van der Waals surface area contributed by atoms with Crippen molar-refractivity contribution in [2.45, 2.75) is 63.8 Å². The molecule has 2 heterocycles. The van der Waals surface area contributed by atoms with Gasteiger partial charge in [0.2, 0.25) is 0 Å². The third kappa shape index (κ3) is 2.39. The molecular formula is C14H23N3. The first kappa shape index (κ1) is 11.3. The maximum Gasteiger partial charge on any atom is 0.108 e. The van der Waals surface area contributed by atoms with Gasteiger partial charge in [-0.3, -0.25) is 0 Å². The fourth-order valence-electron chi connectivity index (χ4n) is 2.84. The Morgan fingerprint density at radius 1 is 1.29 bits per heavy atom. The maximum absolute atomic E-state index is 4.84. The van der Waals surface area contributed by atoms with Gasteiger partial charge in [0.1, 0.15) is 5.82 Å². The van der Waals surface area contributed by atoms with Crippen molar-refractivity contribution in [3.63, 3.8) is 0 Å². The van der Waals surface area contributed by atoms with Gasteiger partial charge in [0.15, 0.2) is 0 Å². The fourth-order valence-corrected chi connectivity index (χ4v) is 2.84. The summed E-state index contributed by atoms with van der Waals surface area (Å²) >= 11 is 0. The summed E-state index contributed by atoms with van der Waals surface area (Å²) in [6.07, 6.45) is 6.40. The van der Waals surface area contributed by atoms with Crippen molar-refractivity contribution in [2.75, 3.05) is 6.54 Å². The summed E-state index contributed by atoms with van der Waals surface area (Å²) < 4.78 is 0. The van der Waals surface area contributed by atoms with Crippen LogP contribution in [0.3, 0.4) is 0 Å². The molecule has 1 saturated heterocycles. The summed E-state index contributed by atoms with van der Waals surface area (Å²) in [4.78, 5) is 8.44. The number of nitrogens with zero attached hydrogens (tertiary/aromatic N) is 1. The van der Waals surface area contributed by atoms with Gasteiger partial charge < -0.3 is 10.3 Å². The summed E-state index contributed by atoms with van der Waals surface area (Å²) in [6, 6.07) is 0.646. The third-order valence-electron chi connectivity index (χ3n) is 3.94. The lowest BCUT2D eigenvalue weighted by Crippen LogP contribution is -2.24. The summed E-state index contributed by atoms with van der Waals surface area (Å²) in [5.41, 5.74) is 2.76. The molecule has 1 atom stereocenters. The molecule has 1 aliphatic heterocycles. The van der Waals surface area contributed by atoms with E-state index in [1.807, 2.05) is 0 Å². The van der Waals surface area contributed by atoms with Gasteiger partial charge in [-0.1, -0.05) is 13.8 Å². The van der Waals surface area contributed by atoms with Crippen LogP contribution in [0.25, 0.3) is 0 Å². The quantitative estimate of drug-likeness (QED) is 0.839. The number of hydrogen-bond donors (Lipinski definition) is 2. The van der Waals surface area contributed by atoms with Crippen LogP contribution in [0.1, 0.15) is 68.6 Å². The van der Waals surface area contributed by atoms with Gasteiger partial charge in [-0.25, -0.2) is 4.98 Å². The standard InChI is InChI=1S/C14H23N3/c1-9(2)13-14(10-5-6-10)17-12(16-13)8-11-4-3-7-15-11/h9-11,15H,3-8H2,1-2H3,(H,16,17). The lowest BCUT2D eigenvalue weighted by Gasteiger charge is -2.06. The SMILES string of the molecule is CC(C)c1nc(CC2CCCN2)[nH]c1C1CC1. The minimum atomic E-state index is 0.548. The summed E-state index contributed by atoms with van der Waals surface area (Å²) in [5.74, 6) is 2.53. The van der Waals surface area contributed by atoms with Crippen LogP contribution < -0.4 is 5.32 Å². The monoisotopic (exact) mass is 233 g/mol. The van der Waals surface area contributed by atoms with E-state index in [1.165, 1.54) is 49.4 Å². The summed E-state index contributed by atoms with van der Waals surface area (Å²) in [5, 5.41) is 3.55. The lowest BCUT2D eigenvalue weighted by atomic mass is 10.1. The van der Waals surface area contributed by atoms with Gasteiger partial charge in [-0.2, -0.15) is 0 Å². The average Bonchev–Trinajstić information content (AvgIpc) is 2.86. The van der Waals surface area contributed by atoms with E-state index in [0.29, 0.717) is 12.0 Å². The molecule has 2 fully saturated rings. The number of aromatic amines is 1. The molecule has 0 radical (unpaired) electrons. The van der Waals surface area contributed by atoms with Crippen molar-refractivity contribution in [2.24, 2.45) is 0 Å². The molecule has 3 nitrogen and oxygen atoms in total. The molecule has 0 aromatic carbocycles. The molecule has 1 aromatic rings. The second kappa shape index (κ2) is 4.45. The Morgan fingerprint density at radius 3 is 2.71 bits per heavy atom. The van der Waals surface area contributed by atoms with E-state index in [2.05, 4.69) is 24.1 Å². The molecule has 1 aliphatic carbocycles. The smallest absolute Gasteiger partial charge is 0.108 e. The van der Waals surface area contributed by atoms with Crippen LogP contribution in [-0.2, 0) is 6.42 Å². The molecular weight excluding hydrogens is 210 g/mol. The van der Waals surface area contributed by atoms with Crippen LogP contribution in [0.15, 0.2) is 0 Å². The van der Waals surface area contributed by atoms with Crippen LogP contribution in [-0.4, -0.2) is 22.6 Å². The van der Waals surface area contributed by atoms with Crippen molar-refractivity contribution in [1.82, 2.24) is 15.3 Å². The number of rotatable bonds is 4. The molecule has 0 amide bonds. The second-order valence-electron chi connectivity index (χ2n) is 5.91. The second-order valence-corrected chi connectivity index (χ2v) is 5.91. The Morgan fingerprint density at radius 2 is 2.12 bits per heavy atom. The molecule has 0 spiro atoms. The van der Waals surface area contributed by atoms with Crippen molar-refractivity contribution in [3.05, 3.63) is 17.2 Å². The zero-order chi connectivity index (χ0) is 11.8. The van der Waals surface area contributed by atoms with E-state index in [1.54, 1.807) is 0 Å². The largest absolute Gasteiger partial charge is 0.345 e. The molecule has 94 valence electrons. The van der Waals surface area contributed by atoms with Crippen LogP contribution in [0.2, 0.25) is 0 Å². The lowest BCUT2D eigenvalue weighted by molar-refractivity contribution is 0.587. The van der Waals surface area contributed by atoms with Crippen LogP contribution >= 0.6 is 0 Å². The minimum Gasteiger partial charge on any atom is -0.345 e. The molecule has 2 N–H and O–H groups in total. The van der Waals surface area contributed by atoms with E-state index in [0.717, 1.165) is 12.3 Å². The van der Waals surface area contributed by atoms with Crippen LogP contribution in [0.5, 0.6) is 0 Å². The van der Waals surface area contributed by atoms with E-state index < -0.39 is 0 Å². The van der Waals surface area contributed by atoms with E-state index in [-0.39, 0.29) is 0 Å². The van der Waals surface area contributed by atoms with E-state index >= 15 is 0 Å². The zero-order valence-corrected chi connectivity index (χ0v) is 10.9. The predicted molar refractivity (Wildman–Crippen MR) is 69.4 cm³/mol. The Bertz CT molecular complexity index is 365. The number of H-pyrrole nitrogens is 1. The highest BCUT2D eigenvalue weighted by Gasteiger charge is 2.30. The molecule has 3 heteroatoms. The molecule has 1 aromatic heterocycles. The van der Waals surface area contributed by atoms with Crippen molar-refractivity contribution in [1.29, 1.82) is 0 Å². The van der Waals surface area contributed by atoms with Gasteiger partial charge >= 0.3 is 0 Å². The highest BCUT2D eigenvalue weighted by atomic mass is 15.0. The Balaban J connectivity index is 1.77. The van der Waals surface area contributed by atoms with Gasteiger partial charge in [0.05, 0.1) is 5.69 Å². The normalized spacial score (nSPS) is 24.8. The fraction of sp³-hybridized carbons (Fsp3) is 0.786. The topological polar surface area (TPSA) is 40.7 Å². The highest BCUT2D eigenvalue weighted by molar-refractivity contribution is 5.26. The summed E-state index contributed by atoms with van der Waals surface area (Å²) in [7, 11) is 0. The van der Waals surface area contributed by atoms with Gasteiger partial charge in [0, 0.05) is 24.1 Å². The first-order valence-electron chi connectivity index (χ1n) is 7.06.